The van der Waals surface area contributed by atoms with E-state index in [4.69, 9.17) is 10.5 Å². The van der Waals surface area contributed by atoms with Gasteiger partial charge in [-0.15, -0.1) is 5.10 Å². The topological polar surface area (TPSA) is 110 Å². The largest absolute Gasteiger partial charge is 0.436 e. The number of carbonyl (C=O) groups excluding carboxylic acids is 1. The summed E-state index contributed by atoms with van der Waals surface area (Å²) in [5.74, 6) is -0.607. The number of fused-ring (bicyclic) bond motifs is 1. The van der Waals surface area contributed by atoms with Crippen LogP contribution in [-0.2, 0) is 13.5 Å². The summed E-state index contributed by atoms with van der Waals surface area (Å²) in [4.78, 5) is 24.6. The molecular formula is C23H21FN6O3. The van der Waals surface area contributed by atoms with Gasteiger partial charge < -0.3 is 10.5 Å². The lowest BCUT2D eigenvalue weighted by molar-refractivity contribution is 0.0994. The Morgan fingerprint density at radius 2 is 1.94 bits per heavy atom. The molecule has 0 fully saturated rings. The van der Waals surface area contributed by atoms with Gasteiger partial charge in [-0.2, -0.15) is 9.78 Å². The second-order valence-corrected chi connectivity index (χ2v) is 7.93. The second kappa shape index (κ2) is 7.73. The van der Waals surface area contributed by atoms with E-state index in [1.165, 1.54) is 21.5 Å². The number of nitrogens with two attached hydrogens (primary N) is 1. The Morgan fingerprint density at radius 3 is 2.61 bits per heavy atom. The van der Waals surface area contributed by atoms with Crippen molar-refractivity contribution in [3.8, 4) is 17.3 Å². The fourth-order valence-electron chi connectivity index (χ4n) is 4.26. The average molecular weight is 448 g/mol. The molecule has 1 amide bonds. The zero-order valence-electron chi connectivity index (χ0n) is 18.0. The maximum absolute atomic E-state index is 14.9. The van der Waals surface area contributed by atoms with Crippen molar-refractivity contribution >= 4 is 5.91 Å². The Morgan fingerprint density at radius 1 is 1.18 bits per heavy atom. The van der Waals surface area contributed by atoms with Crippen molar-refractivity contribution in [2.75, 3.05) is 0 Å². The molecule has 9 nitrogen and oxygen atoms in total. The highest BCUT2D eigenvalue weighted by Crippen LogP contribution is 2.31. The van der Waals surface area contributed by atoms with Gasteiger partial charge in [0.25, 0.3) is 5.91 Å². The first kappa shape index (κ1) is 20.7. The van der Waals surface area contributed by atoms with Crippen molar-refractivity contribution in [3.63, 3.8) is 0 Å². The number of nitrogens with zero attached hydrogens (tertiary/aromatic N) is 5. The molecule has 1 aliphatic rings. The number of hydrogen-bond donors (Lipinski definition) is 1. The van der Waals surface area contributed by atoms with Gasteiger partial charge >= 0.3 is 5.69 Å². The van der Waals surface area contributed by atoms with Crippen molar-refractivity contribution in [1.82, 2.24) is 24.1 Å². The maximum atomic E-state index is 14.9. The zero-order chi connectivity index (χ0) is 23.3. The second-order valence-electron chi connectivity index (χ2n) is 7.93. The van der Waals surface area contributed by atoms with Crippen LogP contribution in [0.25, 0.3) is 5.69 Å². The summed E-state index contributed by atoms with van der Waals surface area (Å²) >= 11 is 0. The Labute approximate surface area is 187 Å². The molecule has 1 atom stereocenters. The standard InChI is InChI=1S/C23H21FN6O3/c1-13-20(21(25)31)27-28(2)22(13)33-18-10-8-15(12-16(18)24)30-23(32)29-17(9-11-19(29)26-30)14-6-4-3-5-7-14/h3-8,10,12,17H,9,11H2,1-2H3,(H2,25,31). The quantitative estimate of drug-likeness (QED) is 0.505. The van der Waals surface area contributed by atoms with Gasteiger partial charge in [-0.1, -0.05) is 30.3 Å². The number of halogens is 1. The summed E-state index contributed by atoms with van der Waals surface area (Å²) in [6.45, 7) is 1.62. The van der Waals surface area contributed by atoms with E-state index >= 15 is 0 Å². The number of rotatable bonds is 5. The number of aromatic nitrogens is 5. The van der Waals surface area contributed by atoms with Gasteiger partial charge in [-0.25, -0.2) is 13.9 Å². The van der Waals surface area contributed by atoms with Crippen molar-refractivity contribution in [2.24, 2.45) is 12.8 Å². The highest BCUT2D eigenvalue weighted by molar-refractivity contribution is 5.92. The zero-order valence-corrected chi connectivity index (χ0v) is 18.0. The van der Waals surface area contributed by atoms with E-state index in [0.29, 0.717) is 17.8 Å². The molecule has 4 aromatic rings. The summed E-state index contributed by atoms with van der Waals surface area (Å²) in [5, 5.41) is 8.45. The van der Waals surface area contributed by atoms with Gasteiger partial charge in [0.1, 0.15) is 5.82 Å². The number of amides is 1. The first-order chi connectivity index (χ1) is 15.8. The Hall–Kier alpha value is -4.21. The van der Waals surface area contributed by atoms with Crippen LogP contribution in [0.2, 0.25) is 0 Å². The van der Waals surface area contributed by atoms with Crippen LogP contribution in [0.1, 0.15) is 39.9 Å². The van der Waals surface area contributed by atoms with Gasteiger partial charge in [0.05, 0.1) is 11.7 Å². The summed E-state index contributed by atoms with van der Waals surface area (Å²) in [6, 6.07) is 13.8. The molecule has 168 valence electrons. The van der Waals surface area contributed by atoms with Crippen LogP contribution in [-0.4, -0.2) is 30.0 Å². The predicted molar refractivity (Wildman–Crippen MR) is 117 cm³/mol. The van der Waals surface area contributed by atoms with Gasteiger partial charge in [-0.05, 0) is 31.0 Å². The molecule has 2 aromatic heterocycles. The van der Waals surface area contributed by atoms with Crippen molar-refractivity contribution in [3.05, 3.63) is 87.5 Å². The third kappa shape index (κ3) is 3.39. The summed E-state index contributed by atoms with van der Waals surface area (Å²) in [5.41, 5.74) is 6.77. The number of primary amides is 1. The number of carbonyl (C=O) groups is 1. The minimum atomic E-state index is -0.699. The van der Waals surface area contributed by atoms with Crippen molar-refractivity contribution in [2.45, 2.75) is 25.8 Å². The van der Waals surface area contributed by atoms with Gasteiger partial charge in [0.15, 0.2) is 17.3 Å². The lowest BCUT2D eigenvalue weighted by Gasteiger charge is -2.12. The highest BCUT2D eigenvalue weighted by atomic mass is 19.1. The summed E-state index contributed by atoms with van der Waals surface area (Å²) in [7, 11) is 1.57. The first-order valence-electron chi connectivity index (χ1n) is 10.4. The van der Waals surface area contributed by atoms with E-state index in [0.717, 1.165) is 12.0 Å². The maximum Gasteiger partial charge on any atom is 0.351 e. The number of aryl methyl sites for hydroxylation is 2. The number of hydrogen-bond acceptors (Lipinski definition) is 5. The van der Waals surface area contributed by atoms with E-state index < -0.39 is 11.7 Å². The molecule has 0 saturated heterocycles. The van der Waals surface area contributed by atoms with Crippen LogP contribution in [0.5, 0.6) is 11.6 Å². The molecule has 0 aliphatic carbocycles. The van der Waals surface area contributed by atoms with Crippen LogP contribution in [0, 0.1) is 12.7 Å². The van der Waals surface area contributed by atoms with Gasteiger partial charge in [0, 0.05) is 25.1 Å². The van der Waals surface area contributed by atoms with Crippen molar-refractivity contribution < 1.29 is 13.9 Å². The average Bonchev–Trinajstić information content (AvgIpc) is 3.44. The molecule has 33 heavy (non-hydrogen) atoms. The molecule has 0 bridgehead atoms. The minimum Gasteiger partial charge on any atom is -0.436 e. The van der Waals surface area contributed by atoms with E-state index in [-0.39, 0.29) is 34.7 Å². The Bertz CT molecular complexity index is 1440. The van der Waals surface area contributed by atoms with E-state index in [2.05, 4.69) is 10.2 Å². The first-order valence-corrected chi connectivity index (χ1v) is 10.4. The molecule has 0 saturated carbocycles. The summed E-state index contributed by atoms with van der Waals surface area (Å²) in [6.07, 6.45) is 1.45. The van der Waals surface area contributed by atoms with E-state index in [9.17, 15) is 14.0 Å². The van der Waals surface area contributed by atoms with E-state index in [1.807, 2.05) is 30.3 Å². The van der Waals surface area contributed by atoms with Gasteiger partial charge in [0.2, 0.25) is 5.88 Å². The normalized spacial score (nSPS) is 14.9. The summed E-state index contributed by atoms with van der Waals surface area (Å²) < 4.78 is 24.8. The fourth-order valence-corrected chi connectivity index (χ4v) is 4.26. The monoisotopic (exact) mass is 448 g/mol. The molecule has 0 spiro atoms. The Balaban J connectivity index is 1.47. The van der Waals surface area contributed by atoms with Crippen LogP contribution >= 0.6 is 0 Å². The van der Waals surface area contributed by atoms with Crippen LogP contribution in [0.3, 0.4) is 0 Å². The number of benzene rings is 2. The van der Waals surface area contributed by atoms with E-state index in [1.54, 1.807) is 24.6 Å². The van der Waals surface area contributed by atoms with Crippen LogP contribution in [0.15, 0.2) is 53.3 Å². The minimum absolute atomic E-state index is 0.0524. The van der Waals surface area contributed by atoms with Gasteiger partial charge in [-0.3, -0.25) is 9.36 Å². The molecule has 3 heterocycles. The molecular weight excluding hydrogens is 427 g/mol. The highest BCUT2D eigenvalue weighted by Gasteiger charge is 2.29. The third-order valence-electron chi connectivity index (χ3n) is 5.84. The Kier molecular flexibility index (Phi) is 4.85. The lowest BCUT2D eigenvalue weighted by atomic mass is 10.1. The number of ether oxygens (including phenoxy) is 1. The predicted octanol–water partition coefficient (Wildman–Crippen LogP) is 2.64. The molecule has 2 aromatic carbocycles. The molecule has 1 unspecified atom stereocenters. The molecule has 5 rings (SSSR count). The molecule has 1 aliphatic heterocycles. The SMILES string of the molecule is Cc1c(C(N)=O)nn(C)c1Oc1ccc(-n2nc3n(c2=O)C(c2ccccc2)CC3)cc1F. The van der Waals surface area contributed by atoms with Crippen molar-refractivity contribution in [1.29, 1.82) is 0 Å². The van der Waals surface area contributed by atoms with Crippen LogP contribution < -0.4 is 16.2 Å². The smallest absolute Gasteiger partial charge is 0.351 e. The third-order valence-corrected chi connectivity index (χ3v) is 5.84. The van der Waals surface area contributed by atoms with Crippen LogP contribution in [0.4, 0.5) is 4.39 Å². The molecule has 10 heteroatoms. The lowest BCUT2D eigenvalue weighted by Crippen LogP contribution is -2.26. The molecule has 0 radical (unpaired) electrons. The fraction of sp³-hybridized carbons (Fsp3) is 0.217. The molecule has 2 N–H and O–H groups in total.